The van der Waals surface area contributed by atoms with Crippen LogP contribution in [0.15, 0.2) is 54.6 Å². The van der Waals surface area contributed by atoms with Crippen molar-refractivity contribution in [3.8, 4) is 0 Å². The van der Waals surface area contributed by atoms with E-state index in [1.54, 1.807) is 0 Å². The van der Waals surface area contributed by atoms with E-state index >= 15 is 0 Å². The maximum Gasteiger partial charge on any atom is 0.416 e. The Morgan fingerprint density at radius 3 is 2.22 bits per heavy atom. The second-order valence-electron chi connectivity index (χ2n) is 8.12. The van der Waals surface area contributed by atoms with Crippen molar-refractivity contribution in [3.63, 3.8) is 0 Å². The minimum absolute atomic E-state index is 0.000778. The summed E-state index contributed by atoms with van der Waals surface area (Å²) in [7, 11) is 0. The molecule has 1 N–H and O–H groups in total. The van der Waals surface area contributed by atoms with E-state index in [9.17, 15) is 27.9 Å². The van der Waals surface area contributed by atoms with Gasteiger partial charge in [0.15, 0.2) is 6.04 Å². The van der Waals surface area contributed by atoms with Crippen molar-refractivity contribution < 1.29 is 32.6 Å². The lowest BCUT2D eigenvalue weighted by atomic mass is 9.96. The van der Waals surface area contributed by atoms with Gasteiger partial charge in [0.05, 0.1) is 12.2 Å². The molecule has 6 nitrogen and oxygen atoms in total. The lowest BCUT2D eigenvalue weighted by Gasteiger charge is -2.44. The fourth-order valence-electron chi connectivity index (χ4n) is 4.40. The standard InChI is InChI=1S/C23H23F3N2O4/c24-23(25,26)18-8-6-17(7-9-18)20(29)28-19(21(30)31)15-32-22(28)10-12-27(13-11-22)14-16-4-2-1-3-5-16/h1-9,19H,10-15H2,(H,30,31)/t19-/m1/s1. The number of ether oxygens (including phenoxy) is 1. The minimum atomic E-state index is -4.52. The molecule has 2 aliphatic heterocycles. The number of hydrogen-bond acceptors (Lipinski definition) is 4. The quantitative estimate of drug-likeness (QED) is 0.774. The van der Waals surface area contributed by atoms with Crippen LogP contribution in [0.1, 0.15) is 34.3 Å². The highest BCUT2D eigenvalue weighted by Crippen LogP contribution is 2.39. The first kappa shape index (κ1) is 22.3. The molecule has 2 heterocycles. The SMILES string of the molecule is O=C(O)[C@H]1COC2(CCN(Cc3ccccc3)CC2)N1C(=O)c1ccc(C(F)(F)F)cc1. The van der Waals surface area contributed by atoms with Gasteiger partial charge in [0.25, 0.3) is 5.91 Å². The number of likely N-dealkylation sites (tertiary alicyclic amines) is 1. The third-order valence-corrected chi connectivity index (χ3v) is 6.11. The molecule has 4 rings (SSSR count). The molecule has 0 saturated carbocycles. The number of rotatable bonds is 4. The Morgan fingerprint density at radius 1 is 1.03 bits per heavy atom. The summed E-state index contributed by atoms with van der Waals surface area (Å²) in [5.74, 6) is -1.84. The second-order valence-corrected chi connectivity index (χ2v) is 8.12. The van der Waals surface area contributed by atoms with Gasteiger partial charge in [-0.2, -0.15) is 13.2 Å². The zero-order valence-electron chi connectivity index (χ0n) is 17.2. The first-order valence-electron chi connectivity index (χ1n) is 10.3. The summed E-state index contributed by atoms with van der Waals surface area (Å²) >= 11 is 0. The minimum Gasteiger partial charge on any atom is -0.480 e. The number of nitrogens with zero attached hydrogens (tertiary/aromatic N) is 2. The third kappa shape index (κ3) is 4.35. The number of carbonyl (C=O) groups excluding carboxylic acids is 1. The van der Waals surface area contributed by atoms with E-state index in [4.69, 9.17) is 4.74 Å². The fraction of sp³-hybridized carbons (Fsp3) is 0.391. The van der Waals surface area contributed by atoms with Crippen LogP contribution in [0, 0.1) is 0 Å². The van der Waals surface area contributed by atoms with Gasteiger partial charge in [0, 0.05) is 38.0 Å². The summed E-state index contributed by atoms with van der Waals surface area (Å²) in [6, 6.07) is 12.6. The molecule has 0 unspecified atom stereocenters. The van der Waals surface area contributed by atoms with Crippen LogP contribution in [0.25, 0.3) is 0 Å². The molecule has 1 amide bonds. The molecule has 170 valence electrons. The van der Waals surface area contributed by atoms with E-state index in [-0.39, 0.29) is 12.2 Å². The van der Waals surface area contributed by atoms with Crippen LogP contribution in [-0.2, 0) is 22.3 Å². The Bertz CT molecular complexity index is 971. The van der Waals surface area contributed by atoms with E-state index in [0.717, 1.165) is 36.4 Å². The van der Waals surface area contributed by atoms with E-state index in [1.165, 1.54) is 4.90 Å². The van der Waals surface area contributed by atoms with Crippen molar-refractivity contribution >= 4 is 11.9 Å². The van der Waals surface area contributed by atoms with Crippen molar-refractivity contribution in [1.29, 1.82) is 0 Å². The number of carboxylic acids is 1. The Labute approximate surface area is 183 Å². The average Bonchev–Trinajstić information content (AvgIpc) is 3.14. The maximum absolute atomic E-state index is 13.3. The van der Waals surface area contributed by atoms with E-state index in [1.807, 2.05) is 30.3 Å². The summed E-state index contributed by atoms with van der Waals surface area (Å²) in [4.78, 5) is 28.5. The molecule has 1 atom stereocenters. The molecule has 32 heavy (non-hydrogen) atoms. The zero-order valence-corrected chi connectivity index (χ0v) is 17.2. The molecule has 9 heteroatoms. The molecule has 0 aliphatic carbocycles. The van der Waals surface area contributed by atoms with E-state index in [0.29, 0.717) is 25.9 Å². The van der Waals surface area contributed by atoms with Gasteiger partial charge < -0.3 is 9.84 Å². The predicted molar refractivity (Wildman–Crippen MR) is 109 cm³/mol. The number of amides is 1. The largest absolute Gasteiger partial charge is 0.480 e. The number of carboxylic acid groups (broad SMARTS) is 1. The van der Waals surface area contributed by atoms with Crippen molar-refractivity contribution in [2.75, 3.05) is 19.7 Å². The van der Waals surface area contributed by atoms with Gasteiger partial charge in [-0.1, -0.05) is 30.3 Å². The average molecular weight is 448 g/mol. The smallest absolute Gasteiger partial charge is 0.416 e. The highest BCUT2D eigenvalue weighted by Gasteiger charge is 2.54. The Morgan fingerprint density at radius 2 is 1.66 bits per heavy atom. The Balaban J connectivity index is 1.53. The molecular weight excluding hydrogens is 425 g/mol. The highest BCUT2D eigenvalue weighted by atomic mass is 19.4. The topological polar surface area (TPSA) is 70.1 Å². The zero-order chi connectivity index (χ0) is 22.9. The van der Waals surface area contributed by atoms with Crippen LogP contribution < -0.4 is 0 Å². The van der Waals surface area contributed by atoms with Gasteiger partial charge in [-0.25, -0.2) is 4.79 Å². The number of piperidine rings is 1. The van der Waals surface area contributed by atoms with Gasteiger partial charge in [0.2, 0.25) is 0 Å². The summed E-state index contributed by atoms with van der Waals surface area (Å²) in [5, 5.41) is 9.66. The number of halogens is 3. The van der Waals surface area contributed by atoms with Gasteiger partial charge in [-0.3, -0.25) is 14.6 Å². The lowest BCUT2D eigenvalue weighted by Crippen LogP contribution is -2.58. The molecule has 0 bridgehead atoms. The molecule has 0 aromatic heterocycles. The van der Waals surface area contributed by atoms with Crippen LogP contribution in [0.3, 0.4) is 0 Å². The predicted octanol–water partition coefficient (Wildman–Crippen LogP) is 3.62. The van der Waals surface area contributed by atoms with Gasteiger partial charge >= 0.3 is 12.1 Å². The van der Waals surface area contributed by atoms with Crippen LogP contribution in [-0.4, -0.2) is 58.2 Å². The summed E-state index contributed by atoms with van der Waals surface area (Å²) in [6.07, 6.45) is -3.69. The number of alkyl halides is 3. The number of benzene rings is 2. The molecule has 0 radical (unpaired) electrons. The fourth-order valence-corrected chi connectivity index (χ4v) is 4.40. The Kier molecular flexibility index (Phi) is 5.96. The Hall–Kier alpha value is -2.91. The van der Waals surface area contributed by atoms with E-state index < -0.39 is 35.4 Å². The van der Waals surface area contributed by atoms with Gasteiger partial charge in [-0.15, -0.1) is 0 Å². The molecule has 1 spiro atoms. The van der Waals surface area contributed by atoms with Crippen molar-refractivity contribution in [1.82, 2.24) is 9.80 Å². The number of aliphatic carboxylic acids is 1. The number of hydrogen-bond donors (Lipinski definition) is 1. The summed E-state index contributed by atoms with van der Waals surface area (Å²) in [5.41, 5.74) is -0.807. The first-order valence-corrected chi connectivity index (χ1v) is 10.3. The number of carbonyl (C=O) groups is 2. The molecule has 2 aromatic rings. The second kappa shape index (κ2) is 8.55. The molecule has 2 saturated heterocycles. The van der Waals surface area contributed by atoms with Gasteiger partial charge in [-0.05, 0) is 29.8 Å². The van der Waals surface area contributed by atoms with Crippen molar-refractivity contribution in [2.45, 2.75) is 37.3 Å². The van der Waals surface area contributed by atoms with Crippen molar-refractivity contribution in [3.05, 3.63) is 71.3 Å². The highest BCUT2D eigenvalue weighted by molar-refractivity contribution is 5.97. The summed E-state index contributed by atoms with van der Waals surface area (Å²) < 4.78 is 44.5. The molecule has 2 fully saturated rings. The van der Waals surface area contributed by atoms with E-state index in [2.05, 4.69) is 4.90 Å². The molecular formula is C23H23F3N2O4. The van der Waals surface area contributed by atoms with Crippen molar-refractivity contribution in [2.24, 2.45) is 0 Å². The normalized spacial score (nSPS) is 21.1. The van der Waals surface area contributed by atoms with Crippen LogP contribution in [0.5, 0.6) is 0 Å². The molecule has 2 aliphatic rings. The molecule has 2 aromatic carbocycles. The lowest BCUT2D eigenvalue weighted by molar-refractivity contribution is -0.144. The van der Waals surface area contributed by atoms with Gasteiger partial charge in [0.1, 0.15) is 5.72 Å². The van der Waals surface area contributed by atoms with Crippen LogP contribution in [0.2, 0.25) is 0 Å². The van der Waals surface area contributed by atoms with Crippen LogP contribution in [0.4, 0.5) is 13.2 Å². The third-order valence-electron chi connectivity index (χ3n) is 6.11. The van der Waals surface area contributed by atoms with Crippen LogP contribution >= 0.6 is 0 Å². The maximum atomic E-state index is 13.3. The first-order chi connectivity index (χ1) is 15.2. The summed E-state index contributed by atoms with van der Waals surface area (Å²) in [6.45, 7) is 1.77. The monoisotopic (exact) mass is 448 g/mol.